The lowest BCUT2D eigenvalue weighted by Crippen LogP contribution is -2.23. The Morgan fingerprint density at radius 1 is 1.32 bits per heavy atom. The molecule has 0 aliphatic heterocycles. The zero-order valence-corrected chi connectivity index (χ0v) is 12.5. The second-order valence-electron chi connectivity index (χ2n) is 4.70. The maximum absolute atomic E-state index is 11.8. The lowest BCUT2D eigenvalue weighted by atomic mass is 10.2. The van der Waals surface area contributed by atoms with Crippen molar-refractivity contribution in [2.24, 2.45) is 11.7 Å². The van der Waals surface area contributed by atoms with Gasteiger partial charge in [-0.2, -0.15) is 11.8 Å². The fraction of sp³-hybridized carbons (Fsp3) is 0.533. The van der Waals surface area contributed by atoms with Crippen molar-refractivity contribution in [1.82, 2.24) is 0 Å². The van der Waals surface area contributed by atoms with E-state index in [1.807, 2.05) is 37.3 Å². The Labute approximate surface area is 119 Å². The minimum Gasteiger partial charge on any atom is -0.461 e. The molecule has 2 atom stereocenters. The van der Waals surface area contributed by atoms with Crippen LogP contribution in [0.5, 0.6) is 0 Å². The molecule has 0 spiro atoms. The van der Waals surface area contributed by atoms with Crippen LogP contribution in [0.3, 0.4) is 0 Å². The molecule has 2 N–H and O–H groups in total. The van der Waals surface area contributed by atoms with Gasteiger partial charge in [0.1, 0.15) is 6.61 Å². The van der Waals surface area contributed by atoms with Crippen LogP contribution < -0.4 is 5.73 Å². The summed E-state index contributed by atoms with van der Waals surface area (Å²) in [5.41, 5.74) is 6.85. The van der Waals surface area contributed by atoms with E-state index in [0.717, 1.165) is 23.5 Å². The Morgan fingerprint density at radius 3 is 2.63 bits per heavy atom. The summed E-state index contributed by atoms with van der Waals surface area (Å²) in [6.07, 6.45) is 0.972. The third-order valence-electron chi connectivity index (χ3n) is 2.85. The molecule has 3 nitrogen and oxygen atoms in total. The van der Waals surface area contributed by atoms with Crippen molar-refractivity contribution >= 4 is 17.7 Å². The van der Waals surface area contributed by atoms with Crippen LogP contribution >= 0.6 is 11.8 Å². The number of carbonyl (C=O) groups excluding carboxylic acids is 1. The third-order valence-corrected chi connectivity index (χ3v) is 4.25. The van der Waals surface area contributed by atoms with Crippen molar-refractivity contribution in [3.63, 3.8) is 0 Å². The highest BCUT2D eigenvalue weighted by atomic mass is 32.2. The molecular weight excluding hydrogens is 258 g/mol. The first-order chi connectivity index (χ1) is 9.13. The highest BCUT2D eigenvalue weighted by Crippen LogP contribution is 2.12. The van der Waals surface area contributed by atoms with E-state index in [1.54, 1.807) is 11.8 Å². The molecule has 0 aliphatic rings. The molecule has 0 amide bonds. The number of esters is 1. The van der Waals surface area contributed by atoms with Crippen LogP contribution in [0.4, 0.5) is 0 Å². The van der Waals surface area contributed by atoms with E-state index >= 15 is 0 Å². The monoisotopic (exact) mass is 281 g/mol. The highest BCUT2D eigenvalue weighted by Gasteiger charge is 2.15. The zero-order chi connectivity index (χ0) is 14.1. The molecule has 0 radical (unpaired) electrons. The number of hydrogen-bond donors (Lipinski definition) is 1. The van der Waals surface area contributed by atoms with Crippen LogP contribution in [0.15, 0.2) is 30.3 Å². The number of benzene rings is 1. The molecule has 0 saturated heterocycles. The van der Waals surface area contributed by atoms with Crippen LogP contribution in [0, 0.1) is 5.92 Å². The van der Waals surface area contributed by atoms with Gasteiger partial charge in [0.05, 0.1) is 5.92 Å². The molecule has 0 aliphatic carbocycles. The summed E-state index contributed by atoms with van der Waals surface area (Å²) in [4.78, 5) is 11.8. The number of ether oxygens (including phenoxy) is 1. The SMILES string of the molecule is CCC(N)CSCC(C)C(=O)OCc1ccccc1. The molecule has 0 saturated carbocycles. The topological polar surface area (TPSA) is 52.3 Å². The van der Waals surface area contributed by atoms with Gasteiger partial charge >= 0.3 is 5.97 Å². The average Bonchev–Trinajstić information content (AvgIpc) is 2.45. The second-order valence-corrected chi connectivity index (χ2v) is 5.78. The number of nitrogens with two attached hydrogens (primary N) is 1. The van der Waals surface area contributed by atoms with Gasteiger partial charge in [0, 0.05) is 17.5 Å². The highest BCUT2D eigenvalue weighted by molar-refractivity contribution is 7.99. The van der Waals surface area contributed by atoms with Crippen molar-refractivity contribution in [3.05, 3.63) is 35.9 Å². The Kier molecular flexibility index (Phi) is 7.60. The van der Waals surface area contributed by atoms with E-state index in [1.165, 1.54) is 0 Å². The quantitative estimate of drug-likeness (QED) is 0.744. The first kappa shape index (κ1) is 16.1. The molecule has 0 heterocycles. The third kappa shape index (κ3) is 6.64. The van der Waals surface area contributed by atoms with Gasteiger partial charge in [0.15, 0.2) is 0 Å². The Balaban J connectivity index is 2.21. The summed E-state index contributed by atoms with van der Waals surface area (Å²) in [6, 6.07) is 9.95. The average molecular weight is 281 g/mol. The maximum Gasteiger partial charge on any atom is 0.309 e. The molecule has 0 bridgehead atoms. The number of carbonyl (C=O) groups is 1. The predicted molar refractivity (Wildman–Crippen MR) is 81.0 cm³/mol. The summed E-state index contributed by atoms with van der Waals surface area (Å²) < 4.78 is 5.29. The number of rotatable bonds is 8. The molecule has 0 fully saturated rings. The van der Waals surface area contributed by atoms with E-state index < -0.39 is 0 Å². The summed E-state index contributed by atoms with van der Waals surface area (Å²) in [7, 11) is 0. The minimum absolute atomic E-state index is 0.0854. The van der Waals surface area contributed by atoms with Crippen LogP contribution in [-0.2, 0) is 16.1 Å². The number of hydrogen-bond acceptors (Lipinski definition) is 4. The Hall–Kier alpha value is -1.00. The molecule has 19 heavy (non-hydrogen) atoms. The molecule has 106 valence electrons. The largest absolute Gasteiger partial charge is 0.461 e. The van der Waals surface area contributed by atoms with Crippen molar-refractivity contribution in [2.45, 2.75) is 32.9 Å². The van der Waals surface area contributed by atoms with Gasteiger partial charge in [-0.25, -0.2) is 0 Å². The van der Waals surface area contributed by atoms with Gasteiger partial charge in [-0.1, -0.05) is 44.2 Å². The van der Waals surface area contributed by atoms with Crippen LogP contribution in [0.1, 0.15) is 25.8 Å². The molecule has 4 heteroatoms. The normalized spacial score (nSPS) is 13.8. The zero-order valence-electron chi connectivity index (χ0n) is 11.7. The second kappa shape index (κ2) is 8.99. The Bertz CT molecular complexity index is 370. The van der Waals surface area contributed by atoms with E-state index in [0.29, 0.717) is 6.61 Å². The standard InChI is InChI=1S/C15H23NO2S/c1-3-14(16)11-19-10-12(2)15(17)18-9-13-7-5-4-6-8-13/h4-8,12,14H,3,9-11,16H2,1-2H3. The lowest BCUT2D eigenvalue weighted by Gasteiger charge is -2.13. The van der Waals surface area contributed by atoms with E-state index in [4.69, 9.17) is 10.5 Å². The molecular formula is C15H23NO2S. The summed E-state index contributed by atoms with van der Waals surface area (Å²) >= 11 is 1.72. The fourth-order valence-corrected chi connectivity index (χ4v) is 2.62. The van der Waals surface area contributed by atoms with Gasteiger partial charge in [-0.05, 0) is 12.0 Å². The minimum atomic E-state index is -0.138. The maximum atomic E-state index is 11.8. The fourth-order valence-electron chi connectivity index (χ4n) is 1.45. The molecule has 1 aromatic rings. The van der Waals surface area contributed by atoms with Gasteiger partial charge < -0.3 is 10.5 Å². The molecule has 1 aromatic carbocycles. The predicted octanol–water partition coefficient (Wildman–Crippen LogP) is 2.84. The lowest BCUT2D eigenvalue weighted by molar-refractivity contribution is -0.148. The summed E-state index contributed by atoms with van der Waals surface area (Å²) in [6.45, 7) is 4.32. The van der Waals surface area contributed by atoms with E-state index in [9.17, 15) is 4.79 Å². The first-order valence-corrected chi connectivity index (χ1v) is 7.82. The Morgan fingerprint density at radius 2 is 2.00 bits per heavy atom. The van der Waals surface area contributed by atoms with Crippen LogP contribution in [0.25, 0.3) is 0 Å². The van der Waals surface area contributed by atoms with Crippen molar-refractivity contribution in [3.8, 4) is 0 Å². The van der Waals surface area contributed by atoms with Crippen LogP contribution in [0.2, 0.25) is 0 Å². The summed E-state index contributed by atoms with van der Waals surface area (Å²) in [5.74, 6) is 1.44. The van der Waals surface area contributed by atoms with E-state index in [2.05, 4.69) is 6.92 Å². The van der Waals surface area contributed by atoms with Gasteiger partial charge in [-0.15, -0.1) is 0 Å². The molecule has 1 rings (SSSR count). The molecule has 0 aromatic heterocycles. The van der Waals surface area contributed by atoms with Crippen molar-refractivity contribution in [1.29, 1.82) is 0 Å². The van der Waals surface area contributed by atoms with Crippen LogP contribution in [-0.4, -0.2) is 23.5 Å². The van der Waals surface area contributed by atoms with Crippen molar-refractivity contribution < 1.29 is 9.53 Å². The summed E-state index contributed by atoms with van der Waals surface area (Å²) in [5, 5.41) is 0. The van der Waals surface area contributed by atoms with Crippen molar-refractivity contribution in [2.75, 3.05) is 11.5 Å². The van der Waals surface area contributed by atoms with E-state index in [-0.39, 0.29) is 17.9 Å². The number of thioether (sulfide) groups is 1. The smallest absolute Gasteiger partial charge is 0.309 e. The van der Waals surface area contributed by atoms with Gasteiger partial charge in [0.25, 0.3) is 0 Å². The first-order valence-electron chi connectivity index (χ1n) is 6.67. The van der Waals surface area contributed by atoms with Gasteiger partial charge in [0.2, 0.25) is 0 Å². The van der Waals surface area contributed by atoms with Gasteiger partial charge in [-0.3, -0.25) is 4.79 Å². The molecule has 2 unspecified atom stereocenters.